The van der Waals surface area contributed by atoms with Gasteiger partial charge >= 0.3 is 0 Å². The molecule has 0 radical (unpaired) electrons. The summed E-state index contributed by atoms with van der Waals surface area (Å²) in [4.78, 5) is 37.0. The highest BCUT2D eigenvalue weighted by Gasteiger charge is 2.34. The summed E-state index contributed by atoms with van der Waals surface area (Å²) in [7, 11) is 2.92. The van der Waals surface area contributed by atoms with Crippen molar-refractivity contribution in [3.63, 3.8) is 0 Å². The number of phenolic OH excluding ortho intramolecular Hbond substituents is 3. The van der Waals surface area contributed by atoms with E-state index in [-0.39, 0.29) is 62.4 Å². The predicted molar refractivity (Wildman–Crippen MR) is 139 cm³/mol. The van der Waals surface area contributed by atoms with Gasteiger partial charge in [-0.25, -0.2) is 0 Å². The molecular formula is C30H24O8. The minimum atomic E-state index is -0.528. The number of carbonyl (C=O) groups is 3. The van der Waals surface area contributed by atoms with Crippen molar-refractivity contribution in [2.24, 2.45) is 0 Å². The van der Waals surface area contributed by atoms with E-state index in [1.165, 1.54) is 44.6 Å². The zero-order valence-electron chi connectivity index (χ0n) is 20.8. The Hall–Kier alpha value is -5.11. The number of hydrogen-bond donors (Lipinski definition) is 3. The molecule has 4 aromatic carbocycles. The van der Waals surface area contributed by atoms with Gasteiger partial charge in [0.15, 0.2) is 5.78 Å². The Balaban J connectivity index is 0.000000177. The van der Waals surface area contributed by atoms with Crippen LogP contribution < -0.4 is 9.47 Å². The Labute approximate surface area is 218 Å². The third-order valence-corrected chi connectivity index (χ3v) is 6.02. The molecule has 0 aliphatic heterocycles. The highest BCUT2D eigenvalue weighted by atomic mass is 16.5. The minimum Gasteiger partial charge on any atom is -0.507 e. The van der Waals surface area contributed by atoms with Gasteiger partial charge in [0.1, 0.15) is 34.3 Å². The summed E-state index contributed by atoms with van der Waals surface area (Å²) >= 11 is 0. The van der Waals surface area contributed by atoms with Crippen molar-refractivity contribution in [1.82, 2.24) is 0 Å². The number of phenols is 3. The Bertz CT molecular complexity index is 1570. The number of hydrogen-bond acceptors (Lipinski definition) is 8. The second-order valence-electron chi connectivity index (χ2n) is 8.48. The van der Waals surface area contributed by atoms with Crippen molar-refractivity contribution >= 4 is 17.3 Å². The average molecular weight is 513 g/mol. The summed E-state index contributed by atoms with van der Waals surface area (Å²) in [6.45, 7) is 1.73. The predicted octanol–water partition coefficient (Wildman–Crippen LogP) is 4.82. The molecule has 5 rings (SSSR count). The first-order chi connectivity index (χ1) is 18.2. The maximum atomic E-state index is 12.4. The number of ether oxygens (including phenoxy) is 2. The lowest BCUT2D eigenvalue weighted by atomic mass is 9.82. The third kappa shape index (κ3) is 4.67. The van der Waals surface area contributed by atoms with E-state index in [2.05, 4.69) is 0 Å². The zero-order chi connectivity index (χ0) is 27.6. The Morgan fingerprint density at radius 2 is 1.37 bits per heavy atom. The van der Waals surface area contributed by atoms with Crippen LogP contribution in [0, 0.1) is 6.92 Å². The second-order valence-corrected chi connectivity index (χ2v) is 8.48. The normalized spacial score (nSPS) is 11.6. The maximum absolute atomic E-state index is 12.4. The van der Waals surface area contributed by atoms with Crippen molar-refractivity contribution < 1.29 is 39.2 Å². The molecule has 0 atom stereocenters. The molecule has 1 aliphatic carbocycles. The number of carbonyl (C=O) groups excluding carboxylic acids is 3. The van der Waals surface area contributed by atoms with E-state index in [0.717, 1.165) is 0 Å². The molecule has 0 bridgehead atoms. The summed E-state index contributed by atoms with van der Waals surface area (Å²) in [5.74, 6) is -1.12. The summed E-state index contributed by atoms with van der Waals surface area (Å²) in [6, 6.07) is 19.0. The van der Waals surface area contributed by atoms with Crippen LogP contribution in [0.3, 0.4) is 0 Å². The molecule has 0 unspecified atom stereocenters. The zero-order valence-corrected chi connectivity index (χ0v) is 20.8. The monoisotopic (exact) mass is 512 g/mol. The molecule has 4 aromatic rings. The fraction of sp³-hybridized carbons (Fsp3) is 0.100. The number of rotatable bonds is 4. The van der Waals surface area contributed by atoms with E-state index in [0.29, 0.717) is 16.9 Å². The third-order valence-electron chi connectivity index (χ3n) is 6.02. The summed E-state index contributed by atoms with van der Waals surface area (Å²) in [5, 5.41) is 29.6. The molecule has 0 fully saturated rings. The van der Waals surface area contributed by atoms with Gasteiger partial charge in [-0.2, -0.15) is 0 Å². The first kappa shape index (κ1) is 26.0. The van der Waals surface area contributed by atoms with Crippen LogP contribution in [0.15, 0.2) is 72.8 Å². The van der Waals surface area contributed by atoms with Crippen molar-refractivity contribution in [2.75, 3.05) is 14.2 Å². The smallest absolute Gasteiger partial charge is 0.201 e. The number of aryl methyl sites for hydroxylation is 1. The quantitative estimate of drug-likeness (QED) is 0.292. The maximum Gasteiger partial charge on any atom is 0.201 e. The van der Waals surface area contributed by atoms with E-state index in [1.54, 1.807) is 43.3 Å². The molecule has 192 valence electrons. The minimum absolute atomic E-state index is 0.0374. The van der Waals surface area contributed by atoms with Crippen LogP contribution in [-0.2, 0) is 0 Å². The lowest BCUT2D eigenvalue weighted by molar-refractivity contribution is 0.0974. The van der Waals surface area contributed by atoms with Crippen LogP contribution in [0.25, 0.3) is 0 Å². The van der Waals surface area contributed by atoms with Gasteiger partial charge in [-0.15, -0.1) is 0 Å². The summed E-state index contributed by atoms with van der Waals surface area (Å²) < 4.78 is 10.2. The molecule has 0 amide bonds. The summed E-state index contributed by atoms with van der Waals surface area (Å²) in [6.07, 6.45) is 0. The molecule has 1 aliphatic rings. The largest absolute Gasteiger partial charge is 0.507 e. The van der Waals surface area contributed by atoms with Gasteiger partial charge in [-0.05, 0) is 30.7 Å². The molecular weight excluding hydrogens is 488 g/mol. The summed E-state index contributed by atoms with van der Waals surface area (Å²) in [5.41, 5.74) is 1.59. The van der Waals surface area contributed by atoms with E-state index in [4.69, 9.17) is 9.47 Å². The van der Waals surface area contributed by atoms with Crippen LogP contribution in [-0.4, -0.2) is 46.9 Å². The molecule has 8 nitrogen and oxygen atoms in total. The van der Waals surface area contributed by atoms with Gasteiger partial charge in [0.25, 0.3) is 0 Å². The van der Waals surface area contributed by atoms with Gasteiger partial charge in [0.2, 0.25) is 11.6 Å². The topological polar surface area (TPSA) is 130 Å². The standard InChI is InChI=1S/C15H10O4.C15H14O4/c1-7-5-9-13(11(17)6-7)15(19)12-8(14(9)18)3-2-4-10(12)16;1-18-11-8-12(16)14(13(9-11)19-2)15(17)10-6-4-3-5-7-10/h2-6,16-17H,1H3;3-9,16H,1-2H3. The molecule has 0 saturated carbocycles. The van der Waals surface area contributed by atoms with Crippen molar-refractivity contribution in [3.05, 3.63) is 112 Å². The highest BCUT2D eigenvalue weighted by molar-refractivity contribution is 6.30. The van der Waals surface area contributed by atoms with E-state index >= 15 is 0 Å². The Kier molecular flexibility index (Phi) is 7.16. The van der Waals surface area contributed by atoms with Crippen molar-refractivity contribution in [3.8, 4) is 28.7 Å². The van der Waals surface area contributed by atoms with Gasteiger partial charge < -0.3 is 24.8 Å². The first-order valence-electron chi connectivity index (χ1n) is 11.5. The van der Waals surface area contributed by atoms with Crippen molar-refractivity contribution in [2.45, 2.75) is 6.92 Å². The van der Waals surface area contributed by atoms with E-state index in [9.17, 15) is 29.7 Å². The van der Waals surface area contributed by atoms with Crippen LogP contribution in [0.2, 0.25) is 0 Å². The van der Waals surface area contributed by atoms with Gasteiger partial charge in [0, 0.05) is 28.8 Å². The Morgan fingerprint density at radius 3 is 2.03 bits per heavy atom. The van der Waals surface area contributed by atoms with E-state index < -0.39 is 5.78 Å². The number of ketones is 3. The lowest BCUT2D eigenvalue weighted by Crippen LogP contribution is -2.21. The molecule has 0 saturated heterocycles. The van der Waals surface area contributed by atoms with Crippen molar-refractivity contribution in [1.29, 1.82) is 0 Å². The fourth-order valence-electron chi connectivity index (χ4n) is 4.24. The first-order valence-corrected chi connectivity index (χ1v) is 11.5. The fourth-order valence-corrected chi connectivity index (χ4v) is 4.24. The molecule has 8 heteroatoms. The number of aromatic hydroxyl groups is 3. The molecule has 3 N–H and O–H groups in total. The second kappa shape index (κ2) is 10.5. The lowest BCUT2D eigenvalue weighted by Gasteiger charge is -2.19. The highest BCUT2D eigenvalue weighted by Crippen LogP contribution is 2.37. The molecule has 38 heavy (non-hydrogen) atoms. The number of benzene rings is 4. The van der Waals surface area contributed by atoms with E-state index in [1.807, 2.05) is 6.07 Å². The number of fused-ring (bicyclic) bond motifs is 2. The van der Waals surface area contributed by atoms with Gasteiger partial charge in [-0.3, -0.25) is 14.4 Å². The molecule has 0 heterocycles. The SMILES string of the molecule is COc1cc(O)c(C(=O)c2ccccc2)c(OC)c1.Cc1cc(O)c2c(c1)C(=O)c1cccc(O)c1C2=O. The average Bonchev–Trinajstić information content (AvgIpc) is 2.91. The molecule has 0 spiro atoms. The van der Waals surface area contributed by atoms with Crippen LogP contribution in [0.5, 0.6) is 28.7 Å². The number of methoxy groups -OCH3 is 2. The van der Waals surface area contributed by atoms with Gasteiger partial charge in [-0.1, -0.05) is 42.5 Å². The van der Waals surface area contributed by atoms with Crippen LogP contribution in [0.1, 0.15) is 53.3 Å². The van der Waals surface area contributed by atoms with Crippen LogP contribution >= 0.6 is 0 Å². The Morgan fingerprint density at radius 1 is 0.684 bits per heavy atom. The molecule has 0 aromatic heterocycles. The van der Waals surface area contributed by atoms with Gasteiger partial charge in [0.05, 0.1) is 25.3 Å². The van der Waals surface area contributed by atoms with Crippen LogP contribution in [0.4, 0.5) is 0 Å².